The Bertz CT molecular complexity index is 2000. The zero-order valence-electron chi connectivity index (χ0n) is 27.7. The Morgan fingerprint density at radius 1 is 0.592 bits per heavy atom. The average molecular weight is 669 g/mol. The Hall–Kier alpha value is -6.36. The van der Waals surface area contributed by atoms with E-state index in [9.17, 15) is 44.7 Å². The van der Waals surface area contributed by atoms with Crippen molar-refractivity contribution in [2.45, 2.75) is 27.7 Å². The number of allylic oxidation sites excluding steroid dienone is 2. The Kier molecular flexibility index (Phi) is 12.1. The minimum Gasteiger partial charge on any atom is -0.508 e. The number of aromatic carboxylic acids is 2. The molecule has 11 heteroatoms. The van der Waals surface area contributed by atoms with Gasteiger partial charge in [0.05, 0.1) is 36.5 Å². The molecule has 0 saturated carbocycles. The summed E-state index contributed by atoms with van der Waals surface area (Å²) in [5, 5.41) is 47.3. The van der Waals surface area contributed by atoms with Crippen LogP contribution in [0.25, 0.3) is 12.2 Å². The molecular formula is C38H36O11. The van der Waals surface area contributed by atoms with E-state index >= 15 is 0 Å². The quantitative estimate of drug-likeness (QED) is 0.0871. The van der Waals surface area contributed by atoms with Gasteiger partial charge in [0, 0.05) is 28.3 Å². The van der Waals surface area contributed by atoms with Crippen LogP contribution in [-0.4, -0.2) is 63.3 Å². The van der Waals surface area contributed by atoms with Gasteiger partial charge in [-0.15, -0.1) is 0 Å². The van der Waals surface area contributed by atoms with Crippen molar-refractivity contribution >= 4 is 35.7 Å². The van der Waals surface area contributed by atoms with E-state index in [4.69, 9.17) is 9.47 Å². The number of ketones is 2. The number of ether oxygens (including phenoxy) is 2. The van der Waals surface area contributed by atoms with Gasteiger partial charge in [0.15, 0.2) is 11.6 Å². The smallest absolute Gasteiger partial charge is 0.336 e. The Morgan fingerprint density at radius 3 is 1.41 bits per heavy atom. The van der Waals surface area contributed by atoms with Gasteiger partial charge in [0.1, 0.15) is 28.7 Å². The minimum absolute atomic E-state index is 0.0450. The SMILES string of the molecule is COc1c(C=CC(=O)c2ccc(O)cc2O)cc(C)c(C(=O)O)c1C.COc1c(C=CC(=O)c2ccccc2O)cc(C)c(C(=O)O)c1C. The van der Waals surface area contributed by atoms with E-state index in [1.165, 1.54) is 56.7 Å². The number of aryl methyl sites for hydroxylation is 2. The molecule has 0 saturated heterocycles. The number of phenols is 3. The van der Waals surface area contributed by atoms with Crippen LogP contribution in [0.2, 0.25) is 0 Å². The standard InChI is InChI=1S/C19H18O6.C19H18O5/c1-10-8-12(18(25-3)11(2)17(10)19(23)24)4-7-15(21)14-6-5-13(20)9-16(14)22;1-11-10-13(18(24-3)12(2)17(11)19(22)23)8-9-16(21)14-6-4-5-7-15(14)20/h4-9,20,22H,1-3H3,(H,23,24);4-10,20H,1-3H3,(H,22,23). The fourth-order valence-corrected chi connectivity index (χ4v) is 5.36. The zero-order valence-corrected chi connectivity index (χ0v) is 27.7. The lowest BCUT2D eigenvalue weighted by molar-refractivity contribution is 0.0684. The molecule has 5 N–H and O–H groups in total. The van der Waals surface area contributed by atoms with E-state index in [0.29, 0.717) is 44.9 Å². The number of rotatable bonds is 10. The summed E-state index contributed by atoms with van der Waals surface area (Å²) in [5.41, 5.74) is 3.84. The van der Waals surface area contributed by atoms with Crippen molar-refractivity contribution in [1.29, 1.82) is 0 Å². The highest BCUT2D eigenvalue weighted by Crippen LogP contribution is 2.32. The van der Waals surface area contributed by atoms with Crippen LogP contribution in [0.3, 0.4) is 0 Å². The van der Waals surface area contributed by atoms with Crippen molar-refractivity contribution in [3.8, 4) is 28.7 Å². The number of phenolic OH excluding ortho intramolecular Hbond substituents is 3. The Labute approximate surface area is 282 Å². The molecule has 0 aliphatic rings. The van der Waals surface area contributed by atoms with Crippen molar-refractivity contribution in [2.24, 2.45) is 0 Å². The van der Waals surface area contributed by atoms with Crippen molar-refractivity contribution in [3.05, 3.63) is 122 Å². The van der Waals surface area contributed by atoms with Crippen molar-refractivity contribution < 1.29 is 54.2 Å². The summed E-state index contributed by atoms with van der Waals surface area (Å²) in [6.45, 7) is 6.66. The van der Waals surface area contributed by atoms with E-state index < -0.39 is 17.7 Å². The van der Waals surface area contributed by atoms with E-state index in [1.54, 1.807) is 58.0 Å². The summed E-state index contributed by atoms with van der Waals surface area (Å²) in [7, 11) is 2.87. The van der Waals surface area contributed by atoms with Gasteiger partial charge in [-0.3, -0.25) is 9.59 Å². The van der Waals surface area contributed by atoms with Gasteiger partial charge in [-0.2, -0.15) is 0 Å². The lowest BCUT2D eigenvalue weighted by Gasteiger charge is -2.14. The number of carboxylic acids is 2. The molecule has 4 aromatic carbocycles. The molecule has 11 nitrogen and oxygen atoms in total. The number of carbonyl (C=O) groups is 4. The van der Waals surface area contributed by atoms with Crippen LogP contribution in [-0.2, 0) is 0 Å². The maximum absolute atomic E-state index is 12.2. The van der Waals surface area contributed by atoms with E-state index in [-0.39, 0.29) is 45.3 Å². The molecule has 4 aromatic rings. The van der Waals surface area contributed by atoms with Gasteiger partial charge in [0.2, 0.25) is 0 Å². The fraction of sp³-hybridized carbons (Fsp3) is 0.158. The first-order valence-electron chi connectivity index (χ1n) is 14.7. The Balaban J connectivity index is 0.000000266. The van der Waals surface area contributed by atoms with Crippen LogP contribution in [0.1, 0.15) is 74.8 Å². The van der Waals surface area contributed by atoms with Crippen molar-refractivity contribution in [1.82, 2.24) is 0 Å². The molecule has 0 bridgehead atoms. The number of hydrogen-bond donors (Lipinski definition) is 5. The maximum atomic E-state index is 12.2. The monoisotopic (exact) mass is 668 g/mol. The Morgan fingerprint density at radius 2 is 1.02 bits per heavy atom. The molecule has 0 amide bonds. The highest BCUT2D eigenvalue weighted by Gasteiger charge is 2.19. The van der Waals surface area contributed by atoms with Gasteiger partial charge in [-0.05, 0) is 99.5 Å². The zero-order chi connectivity index (χ0) is 36.6. The van der Waals surface area contributed by atoms with E-state index in [0.717, 1.165) is 6.07 Å². The predicted molar refractivity (Wildman–Crippen MR) is 183 cm³/mol. The average Bonchev–Trinajstić information content (AvgIpc) is 3.02. The molecule has 4 rings (SSSR count). The number of hydrogen-bond acceptors (Lipinski definition) is 9. The van der Waals surface area contributed by atoms with Crippen molar-refractivity contribution in [3.63, 3.8) is 0 Å². The third-order valence-corrected chi connectivity index (χ3v) is 7.57. The summed E-state index contributed by atoms with van der Waals surface area (Å²) in [6, 6.07) is 13.3. The lowest BCUT2D eigenvalue weighted by atomic mass is 9.97. The van der Waals surface area contributed by atoms with Crippen LogP contribution < -0.4 is 9.47 Å². The third-order valence-electron chi connectivity index (χ3n) is 7.57. The summed E-state index contributed by atoms with van der Waals surface area (Å²) >= 11 is 0. The molecule has 0 unspecified atom stereocenters. The van der Waals surface area contributed by atoms with Gasteiger partial charge in [-0.25, -0.2) is 9.59 Å². The van der Waals surface area contributed by atoms with Crippen molar-refractivity contribution in [2.75, 3.05) is 14.2 Å². The molecule has 0 aliphatic heterocycles. The van der Waals surface area contributed by atoms with Gasteiger partial charge in [0.25, 0.3) is 0 Å². The third kappa shape index (κ3) is 8.52. The number of carbonyl (C=O) groups excluding carboxylic acids is 2. The summed E-state index contributed by atoms with van der Waals surface area (Å²) < 4.78 is 10.6. The first-order chi connectivity index (χ1) is 23.1. The predicted octanol–water partition coefficient (Wildman–Crippen LogP) is 6.93. The number of methoxy groups -OCH3 is 2. The van der Waals surface area contributed by atoms with Gasteiger partial charge < -0.3 is 35.0 Å². The highest BCUT2D eigenvalue weighted by atomic mass is 16.5. The minimum atomic E-state index is -1.05. The topological polar surface area (TPSA) is 188 Å². The second-order valence-corrected chi connectivity index (χ2v) is 10.9. The van der Waals surface area contributed by atoms with E-state index in [1.807, 2.05) is 0 Å². The second-order valence-electron chi connectivity index (χ2n) is 10.9. The summed E-state index contributed by atoms with van der Waals surface area (Å²) in [4.78, 5) is 47.2. The number of benzene rings is 4. The number of para-hydroxylation sites is 1. The highest BCUT2D eigenvalue weighted by molar-refractivity contribution is 6.09. The molecule has 0 aromatic heterocycles. The molecular weight excluding hydrogens is 632 g/mol. The summed E-state index contributed by atoms with van der Waals surface area (Å²) in [6.07, 6.45) is 5.63. The normalized spacial score (nSPS) is 10.8. The molecule has 0 fully saturated rings. The molecule has 0 atom stereocenters. The van der Waals surface area contributed by atoms with Crippen LogP contribution in [0, 0.1) is 27.7 Å². The first kappa shape index (κ1) is 37.1. The molecule has 49 heavy (non-hydrogen) atoms. The summed E-state index contributed by atoms with van der Waals surface area (Å²) in [5.74, 6) is -2.68. The largest absolute Gasteiger partial charge is 0.508 e. The van der Waals surface area contributed by atoms with Crippen LogP contribution >= 0.6 is 0 Å². The van der Waals surface area contributed by atoms with Crippen LogP contribution in [0.15, 0.2) is 66.7 Å². The molecule has 0 aliphatic carbocycles. The van der Waals surface area contributed by atoms with E-state index in [2.05, 4.69) is 0 Å². The van der Waals surface area contributed by atoms with Crippen LogP contribution in [0.5, 0.6) is 28.7 Å². The number of aromatic hydroxyl groups is 3. The lowest BCUT2D eigenvalue weighted by Crippen LogP contribution is -2.06. The number of carboxylic acid groups (broad SMARTS) is 2. The first-order valence-corrected chi connectivity index (χ1v) is 14.7. The second kappa shape index (κ2) is 16.0. The molecule has 0 spiro atoms. The van der Waals surface area contributed by atoms with Gasteiger partial charge in [-0.1, -0.05) is 12.1 Å². The fourth-order valence-electron chi connectivity index (χ4n) is 5.36. The molecule has 254 valence electrons. The van der Waals surface area contributed by atoms with Crippen LogP contribution in [0.4, 0.5) is 0 Å². The van der Waals surface area contributed by atoms with Gasteiger partial charge >= 0.3 is 11.9 Å². The molecule has 0 heterocycles. The molecule has 0 radical (unpaired) electrons. The maximum Gasteiger partial charge on any atom is 0.336 e.